The zero-order chi connectivity index (χ0) is 24.8. The molecular weight excluding hydrogens is 454 g/mol. The highest BCUT2D eigenvalue weighted by Crippen LogP contribution is 2.35. The molecule has 0 unspecified atom stereocenters. The molecule has 0 radical (unpaired) electrons. The van der Waals surface area contributed by atoms with Crippen molar-refractivity contribution in [2.75, 3.05) is 31.9 Å². The summed E-state index contributed by atoms with van der Waals surface area (Å²) in [6, 6.07) is 7.05. The van der Waals surface area contributed by atoms with Gasteiger partial charge >= 0.3 is 0 Å². The van der Waals surface area contributed by atoms with Gasteiger partial charge in [-0.05, 0) is 30.7 Å². The standard InChI is InChI=1S/C22H23N9O4/c1-12-5-7-24-15(9-12)27-16-10-14(18(30-29-16)22(32)23-2)26-21-19(34-4)13(6-8-25-21)20-28-17(11-33-3)35-31-20/h5-10H,11H2,1-4H3,(H,23,32)(H2,24,25,26,27,29). The maximum Gasteiger partial charge on any atom is 0.273 e. The third kappa shape index (κ3) is 5.30. The van der Waals surface area contributed by atoms with Crippen LogP contribution in [0.1, 0.15) is 21.9 Å². The number of aromatic nitrogens is 6. The number of amides is 1. The lowest BCUT2D eigenvalue weighted by atomic mass is 10.2. The van der Waals surface area contributed by atoms with Crippen LogP contribution in [0, 0.1) is 6.92 Å². The normalized spacial score (nSPS) is 10.6. The monoisotopic (exact) mass is 477 g/mol. The fourth-order valence-corrected chi connectivity index (χ4v) is 3.16. The molecule has 3 N–H and O–H groups in total. The van der Waals surface area contributed by atoms with Crippen LogP contribution in [-0.2, 0) is 11.3 Å². The average molecular weight is 477 g/mol. The Labute approximate surface area is 200 Å². The fourth-order valence-electron chi connectivity index (χ4n) is 3.16. The van der Waals surface area contributed by atoms with E-state index < -0.39 is 5.91 Å². The van der Waals surface area contributed by atoms with Crippen LogP contribution in [0.4, 0.5) is 23.1 Å². The number of carbonyl (C=O) groups excluding carboxylic acids is 1. The number of hydrogen-bond donors (Lipinski definition) is 3. The molecule has 0 saturated heterocycles. The third-order valence-corrected chi connectivity index (χ3v) is 4.75. The number of pyridine rings is 2. The van der Waals surface area contributed by atoms with Gasteiger partial charge in [0.1, 0.15) is 12.4 Å². The number of aryl methyl sites for hydroxylation is 1. The topological polar surface area (TPSA) is 162 Å². The Morgan fingerprint density at radius 1 is 1.06 bits per heavy atom. The number of ether oxygens (including phenoxy) is 2. The van der Waals surface area contributed by atoms with Gasteiger partial charge in [-0.2, -0.15) is 4.98 Å². The predicted molar refractivity (Wildman–Crippen MR) is 126 cm³/mol. The summed E-state index contributed by atoms with van der Waals surface area (Å²) in [5.74, 6) is 1.78. The maximum absolute atomic E-state index is 12.5. The van der Waals surface area contributed by atoms with Crippen molar-refractivity contribution < 1.29 is 18.8 Å². The van der Waals surface area contributed by atoms with E-state index in [4.69, 9.17) is 14.0 Å². The Kier molecular flexibility index (Phi) is 7.07. The van der Waals surface area contributed by atoms with Crippen LogP contribution in [0.5, 0.6) is 5.75 Å². The summed E-state index contributed by atoms with van der Waals surface area (Å²) >= 11 is 0. The van der Waals surface area contributed by atoms with Crippen LogP contribution in [0.2, 0.25) is 0 Å². The average Bonchev–Trinajstić information content (AvgIpc) is 3.32. The molecule has 4 heterocycles. The van der Waals surface area contributed by atoms with Crippen molar-refractivity contribution in [2.45, 2.75) is 13.5 Å². The molecule has 0 aliphatic heterocycles. The maximum atomic E-state index is 12.5. The molecule has 4 rings (SSSR count). The second-order valence-corrected chi connectivity index (χ2v) is 7.22. The number of carbonyl (C=O) groups is 1. The van der Waals surface area contributed by atoms with Crippen LogP contribution >= 0.6 is 0 Å². The molecule has 180 valence electrons. The summed E-state index contributed by atoms with van der Waals surface area (Å²) in [7, 11) is 4.52. The first-order valence-corrected chi connectivity index (χ1v) is 10.4. The third-order valence-electron chi connectivity index (χ3n) is 4.75. The molecule has 0 bridgehead atoms. The zero-order valence-electron chi connectivity index (χ0n) is 19.5. The van der Waals surface area contributed by atoms with E-state index in [1.54, 1.807) is 24.5 Å². The number of hydrogen-bond acceptors (Lipinski definition) is 12. The van der Waals surface area contributed by atoms with Gasteiger partial charge in [-0.25, -0.2) is 9.97 Å². The molecule has 0 fully saturated rings. The molecule has 0 atom stereocenters. The smallest absolute Gasteiger partial charge is 0.273 e. The first-order chi connectivity index (χ1) is 17.0. The minimum atomic E-state index is -0.433. The highest BCUT2D eigenvalue weighted by molar-refractivity contribution is 5.98. The second kappa shape index (κ2) is 10.5. The molecule has 1 amide bonds. The first-order valence-electron chi connectivity index (χ1n) is 10.4. The van der Waals surface area contributed by atoms with E-state index in [9.17, 15) is 4.79 Å². The zero-order valence-corrected chi connectivity index (χ0v) is 19.5. The quantitative estimate of drug-likeness (QED) is 0.323. The van der Waals surface area contributed by atoms with Gasteiger partial charge in [0.15, 0.2) is 23.1 Å². The lowest BCUT2D eigenvalue weighted by molar-refractivity contribution is 0.0958. The Bertz CT molecular complexity index is 1340. The molecule has 0 saturated carbocycles. The van der Waals surface area contributed by atoms with E-state index >= 15 is 0 Å². The number of methoxy groups -OCH3 is 2. The molecule has 0 spiro atoms. The minimum absolute atomic E-state index is 0.0615. The van der Waals surface area contributed by atoms with Crippen molar-refractivity contribution in [3.05, 3.63) is 53.8 Å². The van der Waals surface area contributed by atoms with Gasteiger partial charge in [0, 0.05) is 32.6 Å². The van der Waals surface area contributed by atoms with E-state index in [1.165, 1.54) is 21.3 Å². The molecule has 0 aliphatic rings. The lowest BCUT2D eigenvalue weighted by Crippen LogP contribution is -2.21. The van der Waals surface area contributed by atoms with Crippen molar-refractivity contribution >= 4 is 29.0 Å². The number of rotatable bonds is 9. The molecule has 4 aromatic rings. The van der Waals surface area contributed by atoms with Gasteiger partial charge in [-0.15, -0.1) is 10.2 Å². The van der Waals surface area contributed by atoms with Crippen molar-refractivity contribution in [2.24, 2.45) is 0 Å². The predicted octanol–water partition coefficient (Wildman–Crippen LogP) is 2.63. The molecule has 13 nitrogen and oxygen atoms in total. The molecular formula is C22H23N9O4. The van der Waals surface area contributed by atoms with Crippen LogP contribution in [-0.4, -0.2) is 57.5 Å². The number of anilines is 4. The fraction of sp³-hybridized carbons (Fsp3) is 0.227. The van der Waals surface area contributed by atoms with Gasteiger partial charge in [-0.3, -0.25) is 4.79 Å². The largest absolute Gasteiger partial charge is 0.492 e. The first kappa shape index (κ1) is 23.5. The van der Waals surface area contributed by atoms with E-state index in [0.29, 0.717) is 46.2 Å². The highest BCUT2D eigenvalue weighted by Gasteiger charge is 2.21. The molecule has 0 aliphatic carbocycles. The van der Waals surface area contributed by atoms with Gasteiger partial charge < -0.3 is 29.9 Å². The lowest BCUT2D eigenvalue weighted by Gasteiger charge is -2.15. The van der Waals surface area contributed by atoms with Crippen LogP contribution in [0.3, 0.4) is 0 Å². The van der Waals surface area contributed by atoms with E-state index in [-0.39, 0.29) is 12.3 Å². The Balaban J connectivity index is 1.71. The summed E-state index contributed by atoms with van der Waals surface area (Å²) in [6.07, 6.45) is 3.23. The summed E-state index contributed by atoms with van der Waals surface area (Å²) in [6.45, 7) is 2.13. The van der Waals surface area contributed by atoms with Gasteiger partial charge in [0.05, 0.1) is 18.4 Å². The van der Waals surface area contributed by atoms with Gasteiger partial charge in [0.25, 0.3) is 11.8 Å². The Hall–Kier alpha value is -4.65. The van der Waals surface area contributed by atoms with Crippen LogP contribution in [0.15, 0.2) is 41.2 Å². The molecule has 35 heavy (non-hydrogen) atoms. The van der Waals surface area contributed by atoms with E-state index in [0.717, 1.165) is 5.56 Å². The van der Waals surface area contributed by atoms with Crippen molar-refractivity contribution in [3.63, 3.8) is 0 Å². The molecule has 0 aromatic carbocycles. The summed E-state index contributed by atoms with van der Waals surface area (Å²) in [5.41, 5.74) is 1.95. The van der Waals surface area contributed by atoms with Crippen LogP contribution in [0.25, 0.3) is 11.4 Å². The van der Waals surface area contributed by atoms with E-state index in [1.807, 2.05) is 19.1 Å². The molecule has 4 aromatic heterocycles. The number of nitrogens with one attached hydrogen (secondary N) is 3. The molecule has 13 heteroatoms. The van der Waals surface area contributed by atoms with Crippen molar-refractivity contribution in [1.82, 2.24) is 35.6 Å². The summed E-state index contributed by atoms with van der Waals surface area (Å²) in [4.78, 5) is 25.4. The Morgan fingerprint density at radius 2 is 1.89 bits per heavy atom. The van der Waals surface area contributed by atoms with E-state index in [2.05, 4.69) is 46.3 Å². The Morgan fingerprint density at radius 3 is 2.63 bits per heavy atom. The summed E-state index contributed by atoms with van der Waals surface area (Å²) < 4.78 is 15.8. The minimum Gasteiger partial charge on any atom is -0.492 e. The van der Waals surface area contributed by atoms with Crippen molar-refractivity contribution in [1.29, 1.82) is 0 Å². The SMILES string of the molecule is CNC(=O)c1nnc(Nc2cc(C)ccn2)cc1Nc1nccc(-c2noc(COC)n2)c1OC. The van der Waals surface area contributed by atoms with Gasteiger partial charge in [0.2, 0.25) is 5.82 Å². The highest BCUT2D eigenvalue weighted by atomic mass is 16.5. The second-order valence-electron chi connectivity index (χ2n) is 7.22. The van der Waals surface area contributed by atoms with Gasteiger partial charge in [-0.1, -0.05) is 5.16 Å². The number of nitrogens with zero attached hydrogens (tertiary/aromatic N) is 6. The summed E-state index contributed by atoms with van der Waals surface area (Å²) in [5, 5.41) is 20.9. The van der Waals surface area contributed by atoms with Crippen LogP contribution < -0.4 is 20.7 Å². The van der Waals surface area contributed by atoms with Crippen molar-refractivity contribution in [3.8, 4) is 17.1 Å².